The summed E-state index contributed by atoms with van der Waals surface area (Å²) in [5.74, 6) is -0.780. The van der Waals surface area contributed by atoms with Gasteiger partial charge in [-0.3, -0.25) is 4.79 Å². The van der Waals surface area contributed by atoms with E-state index in [9.17, 15) is 18.0 Å². The molecule has 0 spiro atoms. The number of carbonyl (C=O) groups is 1. The van der Waals surface area contributed by atoms with Gasteiger partial charge in [-0.25, -0.2) is 4.68 Å². The fourth-order valence-corrected chi connectivity index (χ4v) is 3.18. The Morgan fingerprint density at radius 2 is 2.00 bits per heavy atom. The van der Waals surface area contributed by atoms with Crippen LogP contribution in [0.1, 0.15) is 35.8 Å². The summed E-state index contributed by atoms with van der Waals surface area (Å²) in [4.78, 5) is 12.5. The van der Waals surface area contributed by atoms with Gasteiger partial charge in [0.15, 0.2) is 5.69 Å². The van der Waals surface area contributed by atoms with E-state index in [4.69, 9.17) is 11.6 Å². The van der Waals surface area contributed by atoms with Crippen LogP contribution in [0.15, 0.2) is 30.5 Å². The monoisotopic (exact) mass is 422 g/mol. The van der Waals surface area contributed by atoms with Gasteiger partial charge in [-0.05, 0) is 50.6 Å². The maximum Gasteiger partial charge on any atom is 0.434 e. The van der Waals surface area contributed by atoms with Crippen LogP contribution in [0.25, 0.3) is 5.69 Å². The molecule has 1 aromatic heterocycles. The van der Waals surface area contributed by atoms with Crippen LogP contribution in [0.5, 0.6) is 0 Å². The third-order valence-corrected chi connectivity index (χ3v) is 4.68. The van der Waals surface area contributed by atoms with Crippen molar-refractivity contribution < 1.29 is 18.0 Å². The smallest absolute Gasteiger partial charge is 0.348 e. The van der Waals surface area contributed by atoms with Crippen molar-refractivity contribution in [3.63, 3.8) is 0 Å². The van der Waals surface area contributed by atoms with E-state index in [0.717, 1.165) is 19.2 Å². The Balaban J connectivity index is 0.00000261. The summed E-state index contributed by atoms with van der Waals surface area (Å²) in [6.45, 7) is 2.72. The van der Waals surface area contributed by atoms with Crippen LogP contribution >= 0.6 is 24.0 Å². The SMILES string of the molecule is CC1NCCCC1NC(=O)c1cnn(-c2ccc(Cl)cc2)c1C(F)(F)F.Cl. The first-order chi connectivity index (χ1) is 12.3. The van der Waals surface area contributed by atoms with Gasteiger partial charge < -0.3 is 10.6 Å². The molecule has 2 aromatic rings. The van der Waals surface area contributed by atoms with Crippen molar-refractivity contribution in [2.24, 2.45) is 0 Å². The number of piperidine rings is 1. The number of hydrogen-bond donors (Lipinski definition) is 2. The van der Waals surface area contributed by atoms with Crippen LogP contribution < -0.4 is 10.6 Å². The lowest BCUT2D eigenvalue weighted by molar-refractivity contribution is -0.143. The molecule has 2 heterocycles. The number of carbonyl (C=O) groups excluding carboxylic acids is 1. The van der Waals surface area contributed by atoms with E-state index in [0.29, 0.717) is 16.1 Å². The number of hydrogen-bond acceptors (Lipinski definition) is 3. The second-order valence-corrected chi connectivity index (χ2v) is 6.69. The highest BCUT2D eigenvalue weighted by molar-refractivity contribution is 6.30. The van der Waals surface area contributed by atoms with Crippen molar-refractivity contribution in [3.8, 4) is 5.69 Å². The van der Waals surface area contributed by atoms with Gasteiger partial charge in [0, 0.05) is 17.1 Å². The van der Waals surface area contributed by atoms with Crippen LogP contribution in [0.2, 0.25) is 5.02 Å². The highest BCUT2D eigenvalue weighted by Crippen LogP contribution is 2.34. The minimum absolute atomic E-state index is 0. The lowest BCUT2D eigenvalue weighted by Crippen LogP contribution is -2.52. The number of aromatic nitrogens is 2. The molecular weight excluding hydrogens is 404 g/mol. The third kappa shape index (κ3) is 4.75. The van der Waals surface area contributed by atoms with Gasteiger partial charge in [0.2, 0.25) is 0 Å². The van der Waals surface area contributed by atoms with Gasteiger partial charge in [0.05, 0.1) is 17.4 Å². The highest BCUT2D eigenvalue weighted by atomic mass is 35.5. The summed E-state index contributed by atoms with van der Waals surface area (Å²) in [5.41, 5.74) is -1.42. The minimum atomic E-state index is -4.74. The van der Waals surface area contributed by atoms with Crippen LogP contribution in [-0.2, 0) is 6.18 Å². The maximum absolute atomic E-state index is 13.6. The van der Waals surface area contributed by atoms with Crippen molar-refractivity contribution in [2.75, 3.05) is 6.54 Å². The molecule has 148 valence electrons. The Kier molecular flexibility index (Phi) is 6.77. The molecule has 0 aliphatic carbocycles. The van der Waals surface area contributed by atoms with Crippen LogP contribution in [0.4, 0.5) is 13.2 Å². The Bertz CT molecular complexity index is 792. The van der Waals surface area contributed by atoms with E-state index < -0.39 is 23.3 Å². The Morgan fingerprint density at radius 1 is 1.33 bits per heavy atom. The zero-order valence-electron chi connectivity index (χ0n) is 14.4. The fraction of sp³-hybridized carbons (Fsp3) is 0.412. The lowest BCUT2D eigenvalue weighted by Gasteiger charge is -2.30. The van der Waals surface area contributed by atoms with Gasteiger partial charge in [-0.2, -0.15) is 18.3 Å². The number of alkyl halides is 3. The summed E-state index contributed by atoms with van der Waals surface area (Å²) >= 11 is 5.78. The molecule has 0 saturated carbocycles. The largest absolute Gasteiger partial charge is 0.434 e. The standard InChI is InChI=1S/C17H18ClF3N4O.ClH/c1-10-14(3-2-8-22-10)24-16(26)13-9-23-25(15(13)17(19,20)21)12-6-4-11(18)5-7-12;/h4-7,9-10,14,22H,2-3,8H2,1H3,(H,24,26);1H. The molecule has 10 heteroatoms. The fourth-order valence-electron chi connectivity index (χ4n) is 3.05. The number of halogens is 5. The van der Waals surface area contributed by atoms with E-state index in [2.05, 4.69) is 15.7 Å². The normalized spacial score (nSPS) is 20.0. The maximum atomic E-state index is 13.6. The van der Waals surface area contributed by atoms with Gasteiger partial charge in [-0.15, -0.1) is 12.4 Å². The molecule has 1 aliphatic heterocycles. The molecule has 1 fully saturated rings. The molecule has 2 N–H and O–H groups in total. The molecule has 2 atom stereocenters. The number of benzene rings is 1. The molecule has 1 saturated heterocycles. The summed E-state index contributed by atoms with van der Waals surface area (Å²) in [7, 11) is 0. The number of nitrogens with zero attached hydrogens (tertiary/aromatic N) is 2. The van der Waals surface area contributed by atoms with Crippen molar-refractivity contribution in [2.45, 2.75) is 38.0 Å². The molecule has 3 rings (SSSR count). The predicted molar refractivity (Wildman–Crippen MR) is 98.8 cm³/mol. The van der Waals surface area contributed by atoms with Crippen molar-refractivity contribution >= 4 is 29.9 Å². The van der Waals surface area contributed by atoms with Crippen molar-refractivity contribution in [1.29, 1.82) is 0 Å². The minimum Gasteiger partial charge on any atom is -0.348 e. The zero-order chi connectivity index (χ0) is 18.9. The van der Waals surface area contributed by atoms with Gasteiger partial charge in [0.1, 0.15) is 0 Å². The molecule has 1 amide bonds. The van der Waals surface area contributed by atoms with E-state index in [-0.39, 0.29) is 30.2 Å². The average molecular weight is 423 g/mol. The summed E-state index contributed by atoms with van der Waals surface area (Å²) < 4.78 is 41.6. The first kappa shape index (κ1) is 21.5. The third-order valence-electron chi connectivity index (χ3n) is 4.43. The molecule has 2 unspecified atom stereocenters. The first-order valence-electron chi connectivity index (χ1n) is 8.23. The second kappa shape index (κ2) is 8.50. The Morgan fingerprint density at radius 3 is 2.59 bits per heavy atom. The van der Waals surface area contributed by atoms with E-state index in [1.165, 1.54) is 24.3 Å². The topological polar surface area (TPSA) is 58.9 Å². The summed E-state index contributed by atoms with van der Waals surface area (Å²) in [6.07, 6.45) is -2.22. The van der Waals surface area contributed by atoms with Gasteiger partial charge in [0.25, 0.3) is 5.91 Å². The number of nitrogens with one attached hydrogen (secondary N) is 2. The first-order valence-corrected chi connectivity index (χ1v) is 8.60. The number of rotatable bonds is 3. The summed E-state index contributed by atoms with van der Waals surface area (Å²) in [5, 5.41) is 10.1. The highest BCUT2D eigenvalue weighted by Gasteiger charge is 2.41. The van der Waals surface area contributed by atoms with E-state index in [1.807, 2.05) is 6.92 Å². The van der Waals surface area contributed by atoms with Gasteiger partial charge >= 0.3 is 6.18 Å². The van der Waals surface area contributed by atoms with Crippen molar-refractivity contribution in [1.82, 2.24) is 20.4 Å². The molecule has 0 radical (unpaired) electrons. The predicted octanol–water partition coefficient (Wildman–Crippen LogP) is 3.84. The molecule has 5 nitrogen and oxygen atoms in total. The van der Waals surface area contributed by atoms with E-state index in [1.54, 1.807) is 0 Å². The van der Waals surface area contributed by atoms with Crippen LogP contribution in [-0.4, -0.2) is 34.3 Å². The summed E-state index contributed by atoms with van der Waals surface area (Å²) in [6, 6.07) is 5.53. The van der Waals surface area contributed by atoms with E-state index >= 15 is 0 Å². The lowest BCUT2D eigenvalue weighted by atomic mass is 9.99. The molecule has 1 aliphatic rings. The molecule has 27 heavy (non-hydrogen) atoms. The Labute approximate surface area is 165 Å². The van der Waals surface area contributed by atoms with Crippen LogP contribution in [0.3, 0.4) is 0 Å². The number of amides is 1. The zero-order valence-corrected chi connectivity index (χ0v) is 16.0. The Hall–Kier alpha value is -1.77. The molecule has 0 bridgehead atoms. The molecule has 1 aromatic carbocycles. The van der Waals surface area contributed by atoms with Gasteiger partial charge in [-0.1, -0.05) is 11.6 Å². The molecular formula is C17H19Cl2F3N4O. The quantitative estimate of drug-likeness (QED) is 0.789. The van der Waals surface area contributed by atoms with Crippen molar-refractivity contribution in [3.05, 3.63) is 46.7 Å². The second-order valence-electron chi connectivity index (χ2n) is 6.26. The average Bonchev–Trinajstić information content (AvgIpc) is 3.03. The van der Waals surface area contributed by atoms with Crippen LogP contribution in [0, 0.1) is 0 Å².